The van der Waals surface area contributed by atoms with E-state index in [0.29, 0.717) is 12.1 Å². The predicted molar refractivity (Wildman–Crippen MR) is 111 cm³/mol. The second kappa shape index (κ2) is 7.16. The Bertz CT molecular complexity index is 1070. The lowest BCUT2D eigenvalue weighted by molar-refractivity contribution is -0.883. The number of halogens is 1. The van der Waals surface area contributed by atoms with Gasteiger partial charge in [0, 0.05) is 12.1 Å². The molecule has 5 rings (SSSR count). The van der Waals surface area contributed by atoms with E-state index in [1.165, 1.54) is 17.0 Å². The van der Waals surface area contributed by atoms with E-state index in [9.17, 15) is 18.8 Å². The lowest BCUT2D eigenvalue weighted by atomic mass is 9.67. The van der Waals surface area contributed by atoms with Gasteiger partial charge in [0.25, 0.3) is 0 Å². The van der Waals surface area contributed by atoms with Gasteiger partial charge < -0.3 is 9.80 Å². The van der Waals surface area contributed by atoms with E-state index in [2.05, 4.69) is 17.3 Å². The Balaban J connectivity index is 1.58. The highest BCUT2D eigenvalue weighted by Crippen LogP contribution is 2.44. The summed E-state index contributed by atoms with van der Waals surface area (Å²) in [5.41, 5.74) is 1.21. The summed E-state index contributed by atoms with van der Waals surface area (Å²) in [5.74, 6) is -1.40. The van der Waals surface area contributed by atoms with E-state index in [-0.39, 0.29) is 19.0 Å². The van der Waals surface area contributed by atoms with Gasteiger partial charge >= 0.3 is 6.03 Å². The highest BCUT2D eigenvalue weighted by atomic mass is 19.1. The number of benzene rings is 2. The first-order chi connectivity index (χ1) is 14.9. The summed E-state index contributed by atoms with van der Waals surface area (Å²) in [6, 6.07) is 12.4. The van der Waals surface area contributed by atoms with Crippen LogP contribution in [0.5, 0.6) is 0 Å². The highest BCUT2D eigenvalue weighted by Gasteiger charge is 2.63. The minimum Gasteiger partial charge on any atom is -0.355 e. The Morgan fingerprint density at radius 2 is 1.87 bits per heavy atom. The molecule has 31 heavy (non-hydrogen) atoms. The van der Waals surface area contributed by atoms with E-state index in [1.807, 2.05) is 24.3 Å². The first-order valence-electron chi connectivity index (χ1n) is 10.5. The third-order valence-corrected chi connectivity index (χ3v) is 6.79. The number of hydrogen-bond acceptors (Lipinski definition) is 4. The van der Waals surface area contributed by atoms with Gasteiger partial charge in [0.2, 0.25) is 11.8 Å². The molecule has 3 heterocycles. The normalized spacial score (nSPS) is 27.7. The molecule has 8 heteroatoms. The fourth-order valence-corrected chi connectivity index (χ4v) is 5.17. The molecule has 1 spiro atoms. The standard InChI is InChI=1S/C23H23FN4O3/c1-26-10-11-27-18-5-3-2-4-16(18)12-23(19(27)14-26)20(29)25-22(31)28(21(23)30)13-15-6-8-17(24)9-7-15/h2-9,19H,10-14H2,1H3,(H,25,29,31)/p+1/t19-,23+/m0/s1. The van der Waals surface area contributed by atoms with Crippen molar-refractivity contribution in [3.8, 4) is 0 Å². The van der Waals surface area contributed by atoms with E-state index >= 15 is 0 Å². The number of piperazine rings is 1. The molecule has 1 unspecified atom stereocenters. The van der Waals surface area contributed by atoms with Crippen LogP contribution in [0.25, 0.3) is 0 Å². The van der Waals surface area contributed by atoms with Crippen molar-refractivity contribution in [3.05, 3.63) is 65.5 Å². The Labute approximate surface area is 179 Å². The second-order valence-electron chi connectivity index (χ2n) is 8.67. The van der Waals surface area contributed by atoms with Crippen LogP contribution in [-0.2, 0) is 22.6 Å². The summed E-state index contributed by atoms with van der Waals surface area (Å²) < 4.78 is 13.3. The Hall–Kier alpha value is -3.26. The number of rotatable bonds is 2. The van der Waals surface area contributed by atoms with E-state index in [0.717, 1.165) is 29.2 Å². The number of fused-ring (bicyclic) bond motifs is 4. The first kappa shape index (κ1) is 19.7. The average molecular weight is 423 g/mol. The maximum atomic E-state index is 13.9. The molecule has 2 fully saturated rings. The van der Waals surface area contributed by atoms with Gasteiger partial charge in [0.15, 0.2) is 5.41 Å². The van der Waals surface area contributed by atoms with Gasteiger partial charge in [0.1, 0.15) is 11.9 Å². The van der Waals surface area contributed by atoms with Crippen LogP contribution in [0.4, 0.5) is 14.9 Å². The minimum absolute atomic E-state index is 0.0168. The molecular formula is C23H24FN4O3+. The third kappa shape index (κ3) is 3.01. The number of para-hydroxylation sites is 1. The quantitative estimate of drug-likeness (QED) is 0.684. The highest BCUT2D eigenvalue weighted by molar-refractivity contribution is 6.20. The Morgan fingerprint density at radius 3 is 2.65 bits per heavy atom. The zero-order valence-electron chi connectivity index (χ0n) is 17.2. The Kier molecular flexibility index (Phi) is 4.55. The van der Waals surface area contributed by atoms with Crippen LogP contribution >= 0.6 is 0 Å². The minimum atomic E-state index is -1.38. The van der Waals surface area contributed by atoms with Crippen molar-refractivity contribution in [2.24, 2.45) is 5.41 Å². The number of imide groups is 2. The van der Waals surface area contributed by atoms with Crippen LogP contribution in [0.2, 0.25) is 0 Å². The van der Waals surface area contributed by atoms with Crippen LogP contribution < -0.4 is 15.1 Å². The molecule has 2 saturated heterocycles. The molecule has 3 aliphatic rings. The molecule has 160 valence electrons. The molecule has 0 bridgehead atoms. The molecule has 0 aliphatic carbocycles. The zero-order chi connectivity index (χ0) is 21.8. The number of amides is 4. The fraction of sp³-hybridized carbons (Fsp3) is 0.348. The van der Waals surface area contributed by atoms with Gasteiger partial charge in [-0.3, -0.25) is 19.8 Å². The molecule has 7 nitrogen and oxygen atoms in total. The van der Waals surface area contributed by atoms with Crippen molar-refractivity contribution in [1.29, 1.82) is 0 Å². The van der Waals surface area contributed by atoms with Crippen molar-refractivity contribution in [2.75, 3.05) is 31.6 Å². The van der Waals surface area contributed by atoms with E-state index < -0.39 is 29.1 Å². The SMILES string of the molecule is C[NH+]1CCN2c3ccccc3C[C@]3(C(=O)NC(=O)N(Cc4ccc(F)cc4)C3=O)[C@@H]2C1. The number of carbonyl (C=O) groups is 3. The van der Waals surface area contributed by atoms with Crippen molar-refractivity contribution in [1.82, 2.24) is 10.2 Å². The third-order valence-electron chi connectivity index (χ3n) is 6.79. The molecule has 3 atom stereocenters. The lowest BCUT2D eigenvalue weighted by Gasteiger charge is -2.53. The van der Waals surface area contributed by atoms with Crippen molar-refractivity contribution in [2.45, 2.75) is 19.0 Å². The number of quaternary nitrogens is 1. The Morgan fingerprint density at radius 1 is 1.13 bits per heavy atom. The number of likely N-dealkylation sites (N-methyl/N-ethyl adjacent to an activating group) is 1. The molecule has 4 amide bonds. The maximum absolute atomic E-state index is 13.9. The van der Waals surface area contributed by atoms with Crippen molar-refractivity contribution in [3.63, 3.8) is 0 Å². The number of hydrogen-bond donors (Lipinski definition) is 2. The summed E-state index contributed by atoms with van der Waals surface area (Å²) in [6.45, 7) is 2.22. The predicted octanol–water partition coefficient (Wildman–Crippen LogP) is 0.350. The molecule has 0 aromatic heterocycles. The van der Waals surface area contributed by atoms with Gasteiger partial charge in [-0.1, -0.05) is 30.3 Å². The van der Waals surface area contributed by atoms with Gasteiger partial charge in [0.05, 0.1) is 33.2 Å². The average Bonchev–Trinajstić information content (AvgIpc) is 2.76. The number of anilines is 1. The molecule has 2 aromatic rings. The molecule has 2 N–H and O–H groups in total. The summed E-state index contributed by atoms with van der Waals surface area (Å²) in [6.07, 6.45) is 0.246. The van der Waals surface area contributed by atoms with Crippen molar-refractivity contribution >= 4 is 23.5 Å². The fourth-order valence-electron chi connectivity index (χ4n) is 5.17. The van der Waals surface area contributed by atoms with Gasteiger partial charge in [-0.25, -0.2) is 9.18 Å². The van der Waals surface area contributed by atoms with Gasteiger partial charge in [-0.05, 0) is 29.3 Å². The van der Waals surface area contributed by atoms with E-state index in [1.54, 1.807) is 12.1 Å². The lowest BCUT2D eigenvalue weighted by Crippen LogP contribution is -3.14. The smallest absolute Gasteiger partial charge is 0.331 e. The van der Waals surface area contributed by atoms with Crippen LogP contribution in [-0.4, -0.2) is 55.5 Å². The topological polar surface area (TPSA) is 74.2 Å². The second-order valence-corrected chi connectivity index (χ2v) is 8.67. The molecule has 0 saturated carbocycles. The number of nitrogens with zero attached hydrogens (tertiary/aromatic N) is 2. The largest absolute Gasteiger partial charge is 0.355 e. The van der Waals surface area contributed by atoms with Crippen LogP contribution in [0.15, 0.2) is 48.5 Å². The molecule has 0 radical (unpaired) electrons. The summed E-state index contributed by atoms with van der Waals surface area (Å²) in [5, 5.41) is 2.45. The van der Waals surface area contributed by atoms with E-state index in [4.69, 9.17) is 0 Å². The van der Waals surface area contributed by atoms with Crippen molar-refractivity contribution < 1.29 is 23.7 Å². The zero-order valence-corrected chi connectivity index (χ0v) is 17.2. The summed E-state index contributed by atoms with van der Waals surface area (Å²) in [4.78, 5) is 44.4. The van der Waals surface area contributed by atoms with Crippen LogP contribution in [0.3, 0.4) is 0 Å². The molecule has 2 aromatic carbocycles. The van der Waals surface area contributed by atoms with Crippen LogP contribution in [0, 0.1) is 11.2 Å². The van der Waals surface area contributed by atoms with Crippen LogP contribution in [0.1, 0.15) is 11.1 Å². The molecule has 3 aliphatic heterocycles. The summed E-state index contributed by atoms with van der Waals surface area (Å²) >= 11 is 0. The number of nitrogens with one attached hydrogen (secondary N) is 2. The maximum Gasteiger partial charge on any atom is 0.331 e. The number of carbonyl (C=O) groups excluding carboxylic acids is 3. The number of barbiturate groups is 1. The van der Waals surface area contributed by atoms with Gasteiger partial charge in [-0.15, -0.1) is 0 Å². The number of urea groups is 1. The monoisotopic (exact) mass is 423 g/mol. The summed E-state index contributed by atoms with van der Waals surface area (Å²) in [7, 11) is 2.05. The van der Waals surface area contributed by atoms with Gasteiger partial charge in [-0.2, -0.15) is 0 Å². The molecular weight excluding hydrogens is 399 g/mol. The first-order valence-corrected chi connectivity index (χ1v) is 10.5.